The van der Waals surface area contributed by atoms with E-state index in [4.69, 9.17) is 10.5 Å². The smallest absolute Gasteiger partial charge is 0.416 e. The van der Waals surface area contributed by atoms with E-state index < -0.39 is 0 Å². The van der Waals surface area contributed by atoms with Crippen molar-refractivity contribution in [2.75, 3.05) is 29.5 Å². The van der Waals surface area contributed by atoms with Crippen LogP contribution in [0.15, 0.2) is 18.2 Å². The number of cyclic esters (lactones) is 1. The van der Waals surface area contributed by atoms with Crippen LogP contribution in [0, 0.1) is 11.8 Å². The number of hydrogen-bond donors (Lipinski definition) is 1. The Morgan fingerprint density at radius 2 is 2.00 bits per heavy atom. The normalized spacial score (nSPS) is 25.7. The minimum absolute atomic E-state index is 0.219. The Morgan fingerprint density at radius 3 is 2.72 bits per heavy atom. The van der Waals surface area contributed by atoms with Gasteiger partial charge in [0, 0.05) is 12.2 Å². The third-order valence-corrected chi connectivity index (χ3v) is 7.72. The van der Waals surface area contributed by atoms with Crippen LogP contribution >= 0.6 is 11.3 Å². The second kappa shape index (κ2) is 7.48. The molecule has 0 spiro atoms. The topological polar surface area (TPSA) is 88.8 Å². The Kier molecular flexibility index (Phi) is 4.81. The molecule has 1 aromatic carbocycles. The summed E-state index contributed by atoms with van der Waals surface area (Å²) in [6.45, 7) is 1.78. The molecule has 2 amide bonds. The fourth-order valence-corrected chi connectivity index (χ4v) is 6.30. The third-order valence-electron chi connectivity index (χ3n) is 6.68. The van der Waals surface area contributed by atoms with Crippen molar-refractivity contribution in [1.82, 2.24) is 4.98 Å². The maximum atomic E-state index is 12.4. The molecule has 3 aliphatic rings. The lowest BCUT2D eigenvalue weighted by molar-refractivity contribution is -0.120. The van der Waals surface area contributed by atoms with Gasteiger partial charge in [0.15, 0.2) is 5.13 Å². The van der Waals surface area contributed by atoms with Crippen LogP contribution in [0.4, 0.5) is 15.6 Å². The number of hydrogen-bond acceptors (Lipinski definition) is 6. The van der Waals surface area contributed by atoms with Crippen LogP contribution in [-0.2, 0) is 9.53 Å². The van der Waals surface area contributed by atoms with E-state index in [-0.39, 0.29) is 18.0 Å². The van der Waals surface area contributed by atoms with Gasteiger partial charge in [0.05, 0.1) is 16.8 Å². The first-order chi connectivity index (χ1) is 14.1. The van der Waals surface area contributed by atoms with E-state index in [1.807, 2.05) is 12.1 Å². The second-order valence-electron chi connectivity index (χ2n) is 8.31. The summed E-state index contributed by atoms with van der Waals surface area (Å²) in [4.78, 5) is 32.6. The van der Waals surface area contributed by atoms with Crippen molar-refractivity contribution < 1.29 is 14.3 Å². The summed E-state index contributed by atoms with van der Waals surface area (Å²) in [5.74, 6) is 0.731. The number of carbonyl (C=O) groups is 2. The fourth-order valence-electron chi connectivity index (χ4n) is 5.29. The Morgan fingerprint density at radius 1 is 1.17 bits per heavy atom. The number of fused-ring (bicyclic) bond motifs is 1. The lowest BCUT2D eigenvalue weighted by Gasteiger charge is -2.33. The molecule has 2 saturated heterocycles. The van der Waals surface area contributed by atoms with Crippen molar-refractivity contribution in [3.8, 4) is 0 Å². The summed E-state index contributed by atoms with van der Waals surface area (Å²) in [7, 11) is 0. The van der Waals surface area contributed by atoms with Gasteiger partial charge < -0.3 is 15.4 Å². The molecule has 8 heteroatoms. The van der Waals surface area contributed by atoms with E-state index in [0.29, 0.717) is 30.1 Å². The van der Waals surface area contributed by atoms with Crippen LogP contribution < -0.4 is 15.5 Å². The first-order valence-electron chi connectivity index (χ1n) is 10.5. The van der Waals surface area contributed by atoms with Crippen LogP contribution in [-0.4, -0.2) is 42.7 Å². The molecule has 0 unspecified atom stereocenters. The number of aromatic nitrogens is 1. The predicted octanol–water partition coefficient (Wildman–Crippen LogP) is 3.51. The van der Waals surface area contributed by atoms with Gasteiger partial charge >= 0.3 is 6.09 Å². The molecule has 2 aromatic rings. The van der Waals surface area contributed by atoms with E-state index >= 15 is 0 Å². The van der Waals surface area contributed by atoms with Gasteiger partial charge in [0.2, 0.25) is 5.91 Å². The highest BCUT2D eigenvalue weighted by atomic mass is 32.1. The molecular formula is C21H26N4O3S. The standard InChI is InChI=1S/C21H26N4O3S/c22-19(26)18-15(13-4-2-1-3-5-13)8-9-24(18)14-6-7-16-17(12-14)29-20(23-16)25-10-11-28-21(25)27/h6-7,12-13,15,18H,1-5,8-11H2,(H2,22,26)/t15-,18-/m0/s1. The van der Waals surface area contributed by atoms with Gasteiger partial charge in [0.25, 0.3) is 0 Å². The van der Waals surface area contributed by atoms with Gasteiger partial charge in [-0.2, -0.15) is 0 Å². The van der Waals surface area contributed by atoms with E-state index in [2.05, 4.69) is 16.0 Å². The highest BCUT2D eigenvalue weighted by Gasteiger charge is 2.42. The molecule has 2 N–H and O–H groups in total. The van der Waals surface area contributed by atoms with Gasteiger partial charge in [-0.25, -0.2) is 14.7 Å². The number of ether oxygens (including phenoxy) is 1. The van der Waals surface area contributed by atoms with Gasteiger partial charge in [-0.15, -0.1) is 0 Å². The van der Waals surface area contributed by atoms with Gasteiger partial charge in [-0.1, -0.05) is 43.4 Å². The summed E-state index contributed by atoms with van der Waals surface area (Å²) in [5, 5.41) is 0.660. The van der Waals surface area contributed by atoms with Crippen LogP contribution in [0.1, 0.15) is 38.5 Å². The van der Waals surface area contributed by atoms with Crippen molar-refractivity contribution in [3.63, 3.8) is 0 Å². The number of primary amides is 1. The van der Waals surface area contributed by atoms with Crippen LogP contribution in [0.3, 0.4) is 0 Å². The number of thiazole rings is 1. The summed E-state index contributed by atoms with van der Waals surface area (Å²) in [5.41, 5.74) is 7.76. The number of benzene rings is 1. The van der Waals surface area contributed by atoms with Gasteiger partial charge in [-0.3, -0.25) is 4.79 Å². The molecule has 29 heavy (non-hydrogen) atoms. The van der Waals surface area contributed by atoms with Gasteiger partial charge in [0.1, 0.15) is 12.6 Å². The van der Waals surface area contributed by atoms with Gasteiger partial charge in [-0.05, 0) is 36.5 Å². The Bertz CT molecular complexity index is 939. The quantitative estimate of drug-likeness (QED) is 0.827. The van der Waals surface area contributed by atoms with Crippen molar-refractivity contribution in [1.29, 1.82) is 0 Å². The first-order valence-corrected chi connectivity index (χ1v) is 11.3. The molecule has 2 atom stereocenters. The van der Waals surface area contributed by atoms with E-state index in [9.17, 15) is 9.59 Å². The lowest BCUT2D eigenvalue weighted by atomic mass is 9.76. The van der Waals surface area contributed by atoms with Crippen LogP contribution in [0.2, 0.25) is 0 Å². The number of amides is 2. The molecule has 3 fully saturated rings. The minimum Gasteiger partial charge on any atom is -0.447 e. The van der Waals surface area contributed by atoms with E-state index in [1.165, 1.54) is 43.4 Å². The Balaban J connectivity index is 1.43. The number of anilines is 2. The van der Waals surface area contributed by atoms with Crippen LogP contribution in [0.25, 0.3) is 10.2 Å². The Labute approximate surface area is 173 Å². The maximum Gasteiger partial charge on any atom is 0.416 e. The lowest BCUT2D eigenvalue weighted by Crippen LogP contribution is -2.45. The highest BCUT2D eigenvalue weighted by Crippen LogP contribution is 2.41. The minimum atomic E-state index is -0.340. The highest BCUT2D eigenvalue weighted by molar-refractivity contribution is 7.22. The zero-order valence-electron chi connectivity index (χ0n) is 16.4. The zero-order chi connectivity index (χ0) is 20.0. The number of nitrogens with two attached hydrogens (primary N) is 1. The van der Waals surface area contributed by atoms with E-state index in [1.54, 1.807) is 4.90 Å². The Hall–Kier alpha value is -2.35. The average Bonchev–Trinajstić information content (AvgIpc) is 3.45. The first kappa shape index (κ1) is 18.7. The number of carbonyl (C=O) groups excluding carboxylic acids is 2. The van der Waals surface area contributed by atoms with Crippen molar-refractivity contribution in [2.45, 2.75) is 44.6 Å². The average molecular weight is 415 g/mol. The SMILES string of the molecule is NC(=O)[C@@H]1[C@H](C2CCCCC2)CCN1c1ccc2nc(N3CCOC3=O)sc2c1. The summed E-state index contributed by atoms with van der Waals surface area (Å²) in [6.07, 6.45) is 6.94. The molecule has 1 aromatic heterocycles. The molecule has 1 aliphatic carbocycles. The number of nitrogens with zero attached hydrogens (tertiary/aromatic N) is 3. The van der Waals surface area contributed by atoms with Crippen molar-refractivity contribution >= 4 is 44.4 Å². The molecule has 3 heterocycles. The molecule has 0 radical (unpaired) electrons. The molecule has 2 aliphatic heterocycles. The van der Waals surface area contributed by atoms with Crippen molar-refractivity contribution in [3.05, 3.63) is 18.2 Å². The van der Waals surface area contributed by atoms with Crippen LogP contribution in [0.5, 0.6) is 0 Å². The molecule has 7 nitrogen and oxygen atoms in total. The third kappa shape index (κ3) is 3.33. The fraction of sp³-hybridized carbons (Fsp3) is 0.571. The predicted molar refractivity (Wildman–Crippen MR) is 113 cm³/mol. The molecule has 0 bridgehead atoms. The monoisotopic (exact) mass is 414 g/mol. The molecule has 5 rings (SSSR count). The summed E-state index contributed by atoms with van der Waals surface area (Å²) in [6, 6.07) is 5.83. The molecule has 154 valence electrons. The van der Waals surface area contributed by atoms with Crippen molar-refractivity contribution in [2.24, 2.45) is 17.6 Å². The second-order valence-corrected chi connectivity index (χ2v) is 9.31. The molecular weight excluding hydrogens is 388 g/mol. The maximum absolute atomic E-state index is 12.4. The summed E-state index contributed by atoms with van der Waals surface area (Å²) < 4.78 is 6.03. The number of rotatable bonds is 4. The van der Waals surface area contributed by atoms with E-state index in [0.717, 1.165) is 28.9 Å². The summed E-state index contributed by atoms with van der Waals surface area (Å²) >= 11 is 1.48. The largest absolute Gasteiger partial charge is 0.447 e. The zero-order valence-corrected chi connectivity index (χ0v) is 17.2. The molecule has 1 saturated carbocycles.